The quantitative estimate of drug-likeness (QED) is 0.772. The fraction of sp³-hybridized carbons (Fsp3) is 0.909. The summed E-state index contributed by atoms with van der Waals surface area (Å²) in [5.41, 5.74) is 0. The predicted octanol–water partition coefficient (Wildman–Crippen LogP) is 1.61. The molecule has 0 aliphatic carbocycles. The normalized spacial score (nSPS) is 18.7. The van der Waals surface area contributed by atoms with Gasteiger partial charge in [0, 0.05) is 32.8 Å². The first-order valence-corrected chi connectivity index (χ1v) is 5.78. The Morgan fingerprint density at radius 1 is 1.40 bits per heavy atom. The van der Waals surface area contributed by atoms with Gasteiger partial charge in [-0.25, -0.2) is 4.79 Å². The number of carbonyl (C=O) groups excluding carboxylic acids is 1. The Labute approximate surface area is 92.0 Å². The van der Waals surface area contributed by atoms with Crippen LogP contribution in [0.15, 0.2) is 0 Å². The van der Waals surface area contributed by atoms with Crippen molar-refractivity contribution in [3.63, 3.8) is 0 Å². The topological polar surface area (TPSA) is 41.6 Å². The second-order valence-electron chi connectivity index (χ2n) is 4.18. The molecule has 0 radical (unpaired) electrons. The molecule has 4 heteroatoms. The molecule has 0 aromatic heterocycles. The van der Waals surface area contributed by atoms with E-state index in [1.54, 1.807) is 7.11 Å². The van der Waals surface area contributed by atoms with Crippen LogP contribution in [0.3, 0.4) is 0 Å². The number of amides is 2. The smallest absolute Gasteiger partial charge is 0.317 e. The lowest BCUT2D eigenvalue weighted by atomic mass is 10.1. The van der Waals surface area contributed by atoms with E-state index in [-0.39, 0.29) is 12.1 Å². The molecule has 1 aliphatic rings. The van der Waals surface area contributed by atoms with Crippen molar-refractivity contribution in [3.05, 3.63) is 0 Å². The molecule has 0 spiro atoms. The number of carbonyl (C=O) groups is 1. The first-order chi connectivity index (χ1) is 7.24. The first-order valence-electron chi connectivity index (χ1n) is 5.78. The molecule has 1 aliphatic heterocycles. The molecule has 2 amide bonds. The third kappa shape index (κ3) is 4.51. The van der Waals surface area contributed by atoms with E-state index < -0.39 is 0 Å². The molecule has 1 N–H and O–H groups in total. The summed E-state index contributed by atoms with van der Waals surface area (Å²) in [5, 5.41) is 2.99. The van der Waals surface area contributed by atoms with Gasteiger partial charge in [0.15, 0.2) is 0 Å². The van der Waals surface area contributed by atoms with Crippen molar-refractivity contribution in [2.75, 3.05) is 26.8 Å². The van der Waals surface area contributed by atoms with Crippen LogP contribution >= 0.6 is 0 Å². The van der Waals surface area contributed by atoms with Gasteiger partial charge >= 0.3 is 6.03 Å². The molecule has 1 saturated heterocycles. The number of nitrogens with one attached hydrogen (secondary N) is 1. The summed E-state index contributed by atoms with van der Waals surface area (Å²) in [6, 6.07) is 0.276. The summed E-state index contributed by atoms with van der Waals surface area (Å²) in [6.07, 6.45) is 4.40. The average molecular weight is 214 g/mol. The van der Waals surface area contributed by atoms with Crippen LogP contribution < -0.4 is 5.32 Å². The van der Waals surface area contributed by atoms with E-state index >= 15 is 0 Å². The molecule has 0 bridgehead atoms. The van der Waals surface area contributed by atoms with Gasteiger partial charge in [0.1, 0.15) is 0 Å². The Balaban J connectivity index is 2.21. The number of methoxy groups -OCH3 is 1. The lowest BCUT2D eigenvalue weighted by molar-refractivity contribution is 0.169. The van der Waals surface area contributed by atoms with Crippen molar-refractivity contribution in [1.29, 1.82) is 0 Å². The van der Waals surface area contributed by atoms with E-state index in [4.69, 9.17) is 4.74 Å². The summed E-state index contributed by atoms with van der Waals surface area (Å²) in [4.78, 5) is 13.7. The molecular weight excluding hydrogens is 192 g/mol. The Hall–Kier alpha value is -0.770. The minimum absolute atomic E-state index is 0.0818. The predicted molar refractivity (Wildman–Crippen MR) is 59.9 cm³/mol. The summed E-state index contributed by atoms with van der Waals surface area (Å²) >= 11 is 0. The molecule has 1 heterocycles. The maximum atomic E-state index is 11.7. The SMILES string of the molecule is COCCC(C)NC(=O)N1CCCCC1. The summed E-state index contributed by atoms with van der Waals surface area (Å²) in [5.74, 6) is 0. The van der Waals surface area contributed by atoms with Crippen molar-refractivity contribution in [3.8, 4) is 0 Å². The number of rotatable bonds is 4. The van der Waals surface area contributed by atoms with Crippen LogP contribution in [0, 0.1) is 0 Å². The van der Waals surface area contributed by atoms with E-state index in [9.17, 15) is 4.79 Å². The highest BCUT2D eigenvalue weighted by molar-refractivity contribution is 5.74. The number of piperidine rings is 1. The molecule has 1 atom stereocenters. The summed E-state index contributed by atoms with van der Waals surface area (Å²) < 4.78 is 4.97. The maximum Gasteiger partial charge on any atom is 0.317 e. The van der Waals surface area contributed by atoms with Gasteiger partial charge in [0.2, 0.25) is 0 Å². The largest absolute Gasteiger partial charge is 0.385 e. The monoisotopic (exact) mass is 214 g/mol. The molecule has 0 aromatic rings. The van der Waals surface area contributed by atoms with Gasteiger partial charge < -0.3 is 15.0 Å². The highest BCUT2D eigenvalue weighted by Gasteiger charge is 2.17. The molecule has 15 heavy (non-hydrogen) atoms. The number of nitrogens with zero attached hydrogens (tertiary/aromatic N) is 1. The minimum Gasteiger partial charge on any atom is -0.385 e. The standard InChI is InChI=1S/C11H22N2O2/c1-10(6-9-15-2)12-11(14)13-7-4-3-5-8-13/h10H,3-9H2,1-2H3,(H,12,14). The van der Waals surface area contributed by atoms with Gasteiger partial charge in [-0.05, 0) is 32.6 Å². The molecule has 4 nitrogen and oxygen atoms in total. The lowest BCUT2D eigenvalue weighted by Crippen LogP contribution is -2.46. The Morgan fingerprint density at radius 3 is 2.67 bits per heavy atom. The third-order valence-electron chi connectivity index (χ3n) is 2.77. The number of urea groups is 1. The minimum atomic E-state index is 0.0818. The maximum absolute atomic E-state index is 11.7. The van der Waals surface area contributed by atoms with E-state index in [1.165, 1.54) is 6.42 Å². The highest BCUT2D eigenvalue weighted by Crippen LogP contribution is 2.08. The van der Waals surface area contributed by atoms with Crippen molar-refractivity contribution in [2.45, 2.75) is 38.6 Å². The van der Waals surface area contributed by atoms with Crippen LogP contribution in [-0.2, 0) is 4.74 Å². The highest BCUT2D eigenvalue weighted by atomic mass is 16.5. The van der Waals surface area contributed by atoms with Crippen molar-refractivity contribution in [2.24, 2.45) is 0 Å². The van der Waals surface area contributed by atoms with Gasteiger partial charge in [0.25, 0.3) is 0 Å². The first kappa shape index (κ1) is 12.3. The van der Waals surface area contributed by atoms with E-state index in [2.05, 4.69) is 5.32 Å². The summed E-state index contributed by atoms with van der Waals surface area (Å²) in [6.45, 7) is 4.52. The number of hydrogen-bond donors (Lipinski definition) is 1. The molecule has 88 valence electrons. The Bertz CT molecular complexity index is 191. The van der Waals surface area contributed by atoms with Crippen LogP contribution in [0.4, 0.5) is 4.79 Å². The van der Waals surface area contributed by atoms with E-state index in [1.807, 2.05) is 11.8 Å². The molecule has 0 aromatic carbocycles. The van der Waals surface area contributed by atoms with Crippen LogP contribution in [0.25, 0.3) is 0 Å². The average Bonchev–Trinajstić information content (AvgIpc) is 2.27. The zero-order valence-corrected chi connectivity index (χ0v) is 9.79. The molecule has 1 rings (SSSR count). The van der Waals surface area contributed by atoms with Crippen LogP contribution in [0.5, 0.6) is 0 Å². The fourth-order valence-electron chi connectivity index (χ4n) is 1.77. The van der Waals surface area contributed by atoms with Crippen molar-refractivity contribution in [1.82, 2.24) is 10.2 Å². The fourth-order valence-corrected chi connectivity index (χ4v) is 1.77. The van der Waals surface area contributed by atoms with Crippen molar-refractivity contribution >= 4 is 6.03 Å². The second-order valence-corrected chi connectivity index (χ2v) is 4.18. The van der Waals surface area contributed by atoms with Gasteiger partial charge in [-0.3, -0.25) is 0 Å². The Morgan fingerprint density at radius 2 is 2.07 bits per heavy atom. The number of hydrogen-bond acceptors (Lipinski definition) is 2. The molecule has 0 saturated carbocycles. The van der Waals surface area contributed by atoms with Gasteiger partial charge in [-0.2, -0.15) is 0 Å². The summed E-state index contributed by atoms with van der Waals surface area (Å²) in [7, 11) is 1.68. The van der Waals surface area contributed by atoms with E-state index in [0.29, 0.717) is 6.61 Å². The van der Waals surface area contributed by atoms with E-state index in [0.717, 1.165) is 32.4 Å². The van der Waals surface area contributed by atoms with Gasteiger partial charge in [0.05, 0.1) is 0 Å². The molecule has 1 fully saturated rings. The lowest BCUT2D eigenvalue weighted by Gasteiger charge is -2.28. The molecule has 1 unspecified atom stereocenters. The van der Waals surface area contributed by atoms with Crippen LogP contribution in [-0.4, -0.2) is 43.8 Å². The van der Waals surface area contributed by atoms with Crippen LogP contribution in [0.2, 0.25) is 0 Å². The zero-order chi connectivity index (χ0) is 11.1. The van der Waals surface area contributed by atoms with Gasteiger partial charge in [-0.1, -0.05) is 0 Å². The molecular formula is C11H22N2O2. The van der Waals surface area contributed by atoms with Crippen LogP contribution in [0.1, 0.15) is 32.6 Å². The van der Waals surface area contributed by atoms with Crippen molar-refractivity contribution < 1.29 is 9.53 Å². The number of likely N-dealkylation sites (tertiary alicyclic amines) is 1. The second kappa shape index (κ2) is 6.67. The Kier molecular flexibility index (Phi) is 5.47. The number of ether oxygens (including phenoxy) is 1. The van der Waals surface area contributed by atoms with Gasteiger partial charge in [-0.15, -0.1) is 0 Å². The zero-order valence-electron chi connectivity index (χ0n) is 9.79. The third-order valence-corrected chi connectivity index (χ3v) is 2.77.